The number of rotatable bonds is 46. The van der Waals surface area contributed by atoms with Crippen molar-refractivity contribution in [3.8, 4) is 0 Å². The molecule has 1 N–H and O–H groups in total. The Morgan fingerprint density at radius 3 is 1.18 bits per heavy atom. The number of hydrogen-bond acceptors (Lipinski definition) is 6. The van der Waals surface area contributed by atoms with E-state index in [4.69, 9.17) is 18.5 Å². The molecule has 9 heteroatoms. The van der Waals surface area contributed by atoms with Gasteiger partial charge >= 0.3 is 13.8 Å². The molecule has 2 atom stereocenters. The van der Waals surface area contributed by atoms with Gasteiger partial charge in [0.1, 0.15) is 19.3 Å². The fourth-order valence-corrected chi connectivity index (χ4v) is 7.89. The van der Waals surface area contributed by atoms with Gasteiger partial charge in [-0.3, -0.25) is 13.8 Å². The number of phosphoric ester groups is 1. The fraction of sp³-hybridized carbons (Fsp3) is 0.979. The normalized spacial score (nSPS) is 13.6. The largest absolute Gasteiger partial charge is 0.472 e. The van der Waals surface area contributed by atoms with Gasteiger partial charge in [0.05, 0.1) is 34.4 Å². The third kappa shape index (κ3) is 44.6. The first kappa shape index (κ1) is 55.5. The number of ether oxygens (including phenoxy) is 2. The number of hydrogen-bond donors (Lipinski definition) is 1. The van der Waals surface area contributed by atoms with Crippen molar-refractivity contribution in [2.24, 2.45) is 0 Å². The molecule has 0 spiro atoms. The van der Waals surface area contributed by atoms with E-state index < -0.39 is 13.9 Å². The lowest BCUT2D eigenvalue weighted by Gasteiger charge is -2.24. The van der Waals surface area contributed by atoms with E-state index in [9.17, 15) is 14.3 Å². The van der Waals surface area contributed by atoms with Crippen molar-refractivity contribution in [3.05, 3.63) is 0 Å². The van der Waals surface area contributed by atoms with Crippen molar-refractivity contribution in [1.29, 1.82) is 0 Å². The van der Waals surface area contributed by atoms with Crippen LogP contribution in [0.25, 0.3) is 0 Å². The SMILES string of the molecule is CCCCCCCCCCCCCCCCCCCOCC(COP(=O)(O)OCC[N+](C)(C)C)OC(=O)CCCCCCCCCCCCCCCCCCC. The molecule has 0 fully saturated rings. The highest BCUT2D eigenvalue weighted by Gasteiger charge is 2.26. The minimum absolute atomic E-state index is 0.0941. The molecule has 0 aromatic rings. The summed E-state index contributed by atoms with van der Waals surface area (Å²) in [6.45, 7) is 5.70. The molecule has 0 bridgehead atoms. The molecular weight excluding hydrogens is 721 g/mol. The Balaban J connectivity index is 4.13. The van der Waals surface area contributed by atoms with E-state index in [2.05, 4.69) is 13.8 Å². The Morgan fingerprint density at radius 1 is 0.482 bits per heavy atom. The summed E-state index contributed by atoms with van der Waals surface area (Å²) in [4.78, 5) is 22.9. The van der Waals surface area contributed by atoms with Crippen LogP contribution in [0.3, 0.4) is 0 Å². The zero-order chi connectivity index (χ0) is 41.3. The van der Waals surface area contributed by atoms with Crippen molar-refractivity contribution in [2.75, 3.05) is 54.1 Å². The number of unbranched alkanes of at least 4 members (excludes halogenated alkanes) is 32. The molecule has 0 rings (SSSR count). The average molecular weight is 819 g/mol. The molecule has 0 saturated carbocycles. The van der Waals surface area contributed by atoms with Gasteiger partial charge in [-0.25, -0.2) is 4.57 Å². The van der Waals surface area contributed by atoms with Crippen molar-refractivity contribution >= 4 is 13.8 Å². The topological polar surface area (TPSA) is 91.3 Å². The van der Waals surface area contributed by atoms with E-state index in [1.165, 1.54) is 186 Å². The molecule has 2 unspecified atom stereocenters. The third-order valence-electron chi connectivity index (χ3n) is 10.9. The van der Waals surface area contributed by atoms with Crippen LogP contribution in [0.15, 0.2) is 0 Å². The highest BCUT2D eigenvalue weighted by atomic mass is 31.2. The first-order chi connectivity index (χ1) is 27.1. The van der Waals surface area contributed by atoms with E-state index in [1.54, 1.807) is 0 Å². The molecular formula is C47H97NO7P+. The molecule has 0 amide bonds. The molecule has 336 valence electrons. The Bertz CT molecular complexity index is 868. The minimum Gasteiger partial charge on any atom is -0.457 e. The number of phosphoric acid groups is 1. The number of carbonyl (C=O) groups is 1. The van der Waals surface area contributed by atoms with Crippen molar-refractivity contribution in [1.82, 2.24) is 0 Å². The standard InChI is InChI=1S/C47H96NO7P/c1-6-8-10-12-14-16-18-20-22-24-26-28-30-32-34-36-38-40-47(49)55-46(45-54-56(50,51)53-43-41-48(3,4)5)44-52-42-39-37-35-33-31-29-27-25-23-21-19-17-15-13-11-9-7-2/h46H,6-45H2,1-5H3/p+1. The second-order valence-corrected chi connectivity index (χ2v) is 19.3. The Morgan fingerprint density at radius 2 is 0.821 bits per heavy atom. The van der Waals surface area contributed by atoms with Gasteiger partial charge in [-0.1, -0.05) is 219 Å². The highest BCUT2D eigenvalue weighted by Crippen LogP contribution is 2.43. The maximum atomic E-state index is 12.7. The lowest BCUT2D eigenvalue weighted by molar-refractivity contribution is -0.870. The predicted molar refractivity (Wildman–Crippen MR) is 238 cm³/mol. The van der Waals surface area contributed by atoms with E-state index in [1.807, 2.05) is 21.1 Å². The van der Waals surface area contributed by atoms with E-state index in [-0.39, 0.29) is 25.8 Å². The van der Waals surface area contributed by atoms with Gasteiger partial charge in [0.2, 0.25) is 0 Å². The summed E-state index contributed by atoms with van der Waals surface area (Å²) in [6.07, 6.45) is 44.2. The molecule has 0 aliphatic carbocycles. The van der Waals surface area contributed by atoms with Crippen LogP contribution in [-0.4, -0.2) is 75.6 Å². The zero-order valence-electron chi connectivity index (χ0n) is 38.2. The summed E-state index contributed by atoms with van der Waals surface area (Å²) < 4.78 is 35.1. The van der Waals surface area contributed by atoms with Crippen LogP contribution in [0.1, 0.15) is 239 Å². The molecule has 0 aliphatic rings. The minimum atomic E-state index is -4.27. The number of esters is 1. The fourth-order valence-electron chi connectivity index (χ4n) is 7.14. The van der Waals surface area contributed by atoms with Crippen LogP contribution in [0.4, 0.5) is 0 Å². The molecule has 8 nitrogen and oxygen atoms in total. The zero-order valence-corrected chi connectivity index (χ0v) is 39.0. The Hall–Kier alpha value is -0.500. The van der Waals surface area contributed by atoms with Gasteiger partial charge in [0.15, 0.2) is 0 Å². The smallest absolute Gasteiger partial charge is 0.457 e. The molecule has 0 aromatic carbocycles. The number of carbonyl (C=O) groups excluding carboxylic acids is 1. The first-order valence-corrected chi connectivity index (χ1v) is 25.8. The third-order valence-corrected chi connectivity index (χ3v) is 11.9. The molecule has 0 aliphatic heterocycles. The number of likely N-dealkylation sites (N-methyl/N-ethyl adjacent to an activating group) is 1. The second-order valence-electron chi connectivity index (χ2n) is 17.9. The van der Waals surface area contributed by atoms with Gasteiger partial charge in [-0.15, -0.1) is 0 Å². The monoisotopic (exact) mass is 819 g/mol. The summed E-state index contributed by atoms with van der Waals surface area (Å²) in [5, 5.41) is 0. The van der Waals surface area contributed by atoms with Crippen molar-refractivity contribution < 1.29 is 37.3 Å². The summed E-state index contributed by atoms with van der Waals surface area (Å²) >= 11 is 0. The summed E-state index contributed by atoms with van der Waals surface area (Å²) in [7, 11) is 1.69. The highest BCUT2D eigenvalue weighted by molar-refractivity contribution is 7.47. The molecule has 0 saturated heterocycles. The Labute approximate surface area is 348 Å². The second kappa shape index (κ2) is 41.2. The van der Waals surface area contributed by atoms with E-state index in [0.717, 1.165) is 32.1 Å². The van der Waals surface area contributed by atoms with Crippen LogP contribution >= 0.6 is 7.82 Å². The van der Waals surface area contributed by atoms with Gasteiger partial charge in [-0.05, 0) is 12.8 Å². The van der Waals surface area contributed by atoms with Crippen LogP contribution < -0.4 is 0 Å². The summed E-state index contributed by atoms with van der Waals surface area (Å²) in [6, 6.07) is 0. The van der Waals surface area contributed by atoms with Crippen molar-refractivity contribution in [3.63, 3.8) is 0 Å². The van der Waals surface area contributed by atoms with Gasteiger partial charge in [-0.2, -0.15) is 0 Å². The summed E-state index contributed by atoms with van der Waals surface area (Å²) in [5.41, 5.74) is 0. The molecule has 0 radical (unpaired) electrons. The van der Waals surface area contributed by atoms with Crippen LogP contribution in [-0.2, 0) is 27.9 Å². The maximum absolute atomic E-state index is 12.7. The van der Waals surface area contributed by atoms with Crippen LogP contribution in [0.5, 0.6) is 0 Å². The lowest BCUT2D eigenvalue weighted by Crippen LogP contribution is -2.37. The molecule has 0 heterocycles. The average Bonchev–Trinajstić information content (AvgIpc) is 3.15. The van der Waals surface area contributed by atoms with Gasteiger partial charge in [0, 0.05) is 13.0 Å². The van der Waals surface area contributed by atoms with Crippen molar-refractivity contribution in [2.45, 2.75) is 245 Å². The predicted octanol–water partition coefficient (Wildman–Crippen LogP) is 14.4. The molecule has 56 heavy (non-hydrogen) atoms. The van der Waals surface area contributed by atoms with E-state index >= 15 is 0 Å². The lowest BCUT2D eigenvalue weighted by atomic mass is 10.0. The van der Waals surface area contributed by atoms with Gasteiger partial charge < -0.3 is 18.9 Å². The van der Waals surface area contributed by atoms with Crippen LogP contribution in [0, 0.1) is 0 Å². The summed E-state index contributed by atoms with van der Waals surface area (Å²) in [5.74, 6) is -0.306. The Kier molecular flexibility index (Phi) is 40.9. The maximum Gasteiger partial charge on any atom is 0.472 e. The van der Waals surface area contributed by atoms with E-state index in [0.29, 0.717) is 24.1 Å². The first-order valence-electron chi connectivity index (χ1n) is 24.3. The van der Waals surface area contributed by atoms with Gasteiger partial charge in [0.25, 0.3) is 0 Å². The van der Waals surface area contributed by atoms with Crippen LogP contribution in [0.2, 0.25) is 0 Å². The number of nitrogens with zero attached hydrogens (tertiary/aromatic N) is 1. The molecule has 0 aromatic heterocycles. The number of quaternary nitrogens is 1. The quantitative estimate of drug-likeness (QED) is 0.0283.